The molecule has 0 aliphatic carbocycles. The van der Waals surface area contributed by atoms with E-state index in [1.807, 2.05) is 6.92 Å². The van der Waals surface area contributed by atoms with E-state index < -0.39 is 24.6 Å². The van der Waals surface area contributed by atoms with Crippen molar-refractivity contribution in [2.24, 2.45) is 0 Å². The van der Waals surface area contributed by atoms with E-state index in [1.165, 1.54) is 12.1 Å². The van der Waals surface area contributed by atoms with Crippen LogP contribution in [0.25, 0.3) is 16.8 Å². The predicted molar refractivity (Wildman–Crippen MR) is 110 cm³/mol. The molecule has 7 nitrogen and oxygen atoms in total. The molecule has 3 heterocycles. The Morgan fingerprint density at radius 3 is 2.72 bits per heavy atom. The highest BCUT2D eigenvalue weighted by molar-refractivity contribution is 5.76. The molecule has 1 atom stereocenters. The molecule has 4 rings (SSSR count). The minimum Gasteiger partial charge on any atom is -0.484 e. The first-order valence-electron chi connectivity index (χ1n) is 9.82. The Morgan fingerprint density at radius 2 is 2.03 bits per heavy atom. The average Bonchev–Trinajstić information content (AvgIpc) is 3.42. The number of nitrogens with one attached hydrogen (secondary N) is 1. The Kier molecular flexibility index (Phi) is 5.72. The summed E-state index contributed by atoms with van der Waals surface area (Å²) in [5, 5.41) is 11.0. The molecule has 168 valence electrons. The maximum atomic E-state index is 14.0. The second-order valence-corrected chi connectivity index (χ2v) is 7.22. The van der Waals surface area contributed by atoms with Crippen molar-refractivity contribution in [2.75, 3.05) is 18.6 Å². The van der Waals surface area contributed by atoms with Crippen LogP contribution in [0.5, 0.6) is 5.75 Å². The lowest BCUT2D eigenvalue weighted by atomic mass is 10.0. The van der Waals surface area contributed by atoms with E-state index in [2.05, 4.69) is 15.3 Å². The van der Waals surface area contributed by atoms with Gasteiger partial charge < -0.3 is 9.64 Å². The second kappa shape index (κ2) is 8.48. The summed E-state index contributed by atoms with van der Waals surface area (Å²) in [5.41, 5.74) is 2.47. The van der Waals surface area contributed by atoms with Gasteiger partial charge in [-0.1, -0.05) is 6.92 Å². The molecule has 0 spiro atoms. The third-order valence-electron chi connectivity index (χ3n) is 5.10. The number of alkyl halides is 3. The summed E-state index contributed by atoms with van der Waals surface area (Å²) in [5.74, 6) is -0.0415. The minimum atomic E-state index is -4.50. The number of aromatic amines is 1. The zero-order chi connectivity index (χ0) is 22.9. The van der Waals surface area contributed by atoms with Crippen molar-refractivity contribution in [1.29, 1.82) is 0 Å². The van der Waals surface area contributed by atoms with Gasteiger partial charge in [0, 0.05) is 36.1 Å². The summed E-state index contributed by atoms with van der Waals surface area (Å²) in [6, 6.07) is 4.75. The molecule has 0 amide bonds. The molecule has 1 unspecified atom stereocenters. The van der Waals surface area contributed by atoms with E-state index >= 15 is 0 Å². The van der Waals surface area contributed by atoms with Crippen LogP contribution in [0.3, 0.4) is 0 Å². The van der Waals surface area contributed by atoms with Gasteiger partial charge in [-0.05, 0) is 30.7 Å². The Morgan fingerprint density at radius 1 is 1.22 bits per heavy atom. The summed E-state index contributed by atoms with van der Waals surface area (Å²) < 4.78 is 58.7. The lowest BCUT2D eigenvalue weighted by Crippen LogP contribution is -2.26. The number of aromatic nitrogens is 5. The van der Waals surface area contributed by atoms with Crippen LogP contribution in [0.15, 0.2) is 49.1 Å². The fourth-order valence-electron chi connectivity index (χ4n) is 3.59. The molecule has 0 aliphatic rings. The Bertz CT molecular complexity index is 1200. The predicted octanol–water partition coefficient (Wildman–Crippen LogP) is 4.79. The van der Waals surface area contributed by atoms with Crippen molar-refractivity contribution in [3.63, 3.8) is 0 Å². The van der Waals surface area contributed by atoms with E-state index in [9.17, 15) is 17.6 Å². The van der Waals surface area contributed by atoms with Crippen LogP contribution in [0.2, 0.25) is 0 Å². The first kappa shape index (κ1) is 21.6. The fourth-order valence-corrected chi connectivity index (χ4v) is 3.59. The van der Waals surface area contributed by atoms with Gasteiger partial charge in [-0.25, -0.2) is 13.9 Å². The van der Waals surface area contributed by atoms with Gasteiger partial charge in [0.05, 0.1) is 18.4 Å². The number of anilines is 1. The number of rotatable bonds is 7. The molecule has 0 saturated carbocycles. The third kappa shape index (κ3) is 4.36. The number of H-pyrrole nitrogens is 1. The molecule has 11 heteroatoms. The number of hydrogen-bond donors (Lipinski definition) is 1. The van der Waals surface area contributed by atoms with Gasteiger partial charge in [0.1, 0.15) is 17.4 Å². The quantitative estimate of drug-likeness (QED) is 0.412. The third-order valence-corrected chi connectivity index (χ3v) is 5.10. The Hall–Kier alpha value is -3.63. The molecular formula is C21H20F4N6O. The van der Waals surface area contributed by atoms with E-state index in [-0.39, 0.29) is 5.75 Å². The Labute approximate surface area is 180 Å². The van der Waals surface area contributed by atoms with Gasteiger partial charge in [-0.15, -0.1) is 0 Å². The van der Waals surface area contributed by atoms with Crippen molar-refractivity contribution in [2.45, 2.75) is 25.6 Å². The van der Waals surface area contributed by atoms with Gasteiger partial charge in [0.2, 0.25) is 0 Å². The lowest BCUT2D eigenvalue weighted by molar-refractivity contribution is -0.153. The molecule has 1 aromatic carbocycles. The average molecular weight is 448 g/mol. The molecular weight excluding hydrogens is 428 g/mol. The monoisotopic (exact) mass is 448 g/mol. The fraction of sp³-hybridized carbons (Fsp3) is 0.286. The molecule has 0 fully saturated rings. The number of hydrogen-bond acceptors (Lipinski definition) is 5. The largest absolute Gasteiger partial charge is 0.484 e. The maximum Gasteiger partial charge on any atom is 0.422 e. The minimum absolute atomic E-state index is 0.0214. The van der Waals surface area contributed by atoms with Gasteiger partial charge in [-0.2, -0.15) is 23.4 Å². The van der Waals surface area contributed by atoms with Crippen LogP contribution < -0.4 is 9.64 Å². The lowest BCUT2D eigenvalue weighted by Gasteiger charge is -2.30. The molecule has 4 aromatic rings. The number of halogens is 4. The summed E-state index contributed by atoms with van der Waals surface area (Å²) in [4.78, 5) is 6.47. The van der Waals surface area contributed by atoms with Crippen molar-refractivity contribution >= 4 is 11.5 Å². The summed E-state index contributed by atoms with van der Waals surface area (Å²) >= 11 is 0. The SMILES string of the molecule is CCC(c1cc(F)ccc1OCC(F)(F)F)N(C)c1ccn2ncc(-c3cn[nH]c3)c2n1. The van der Waals surface area contributed by atoms with Crippen LogP contribution in [0.1, 0.15) is 24.9 Å². The van der Waals surface area contributed by atoms with Crippen molar-refractivity contribution in [1.82, 2.24) is 24.8 Å². The van der Waals surface area contributed by atoms with Gasteiger partial charge >= 0.3 is 6.18 Å². The standard InChI is InChI=1S/C21H20F4N6O/c1-3-17(15-8-14(22)4-5-18(15)32-12-21(23,24)25)30(2)19-6-7-31-20(29-19)16(11-28-31)13-9-26-27-10-13/h4-11,17H,3,12H2,1-2H3,(H,26,27). The topological polar surface area (TPSA) is 71.3 Å². The number of ether oxygens (including phenoxy) is 1. The van der Waals surface area contributed by atoms with E-state index in [1.54, 1.807) is 47.3 Å². The number of nitrogens with zero attached hydrogens (tertiary/aromatic N) is 5. The molecule has 32 heavy (non-hydrogen) atoms. The maximum absolute atomic E-state index is 14.0. The van der Waals surface area contributed by atoms with Crippen LogP contribution >= 0.6 is 0 Å². The zero-order valence-corrected chi connectivity index (χ0v) is 17.3. The summed E-state index contributed by atoms with van der Waals surface area (Å²) in [7, 11) is 1.75. The highest BCUT2D eigenvalue weighted by Crippen LogP contribution is 2.35. The highest BCUT2D eigenvalue weighted by Gasteiger charge is 2.30. The molecule has 0 aliphatic heterocycles. The van der Waals surface area contributed by atoms with E-state index in [0.29, 0.717) is 23.4 Å². The second-order valence-electron chi connectivity index (χ2n) is 7.22. The summed E-state index contributed by atoms with van der Waals surface area (Å²) in [6.07, 6.45) is 2.75. The van der Waals surface area contributed by atoms with Gasteiger partial charge in [0.25, 0.3) is 0 Å². The van der Waals surface area contributed by atoms with Crippen molar-refractivity contribution in [3.05, 3.63) is 60.4 Å². The van der Waals surface area contributed by atoms with E-state index in [0.717, 1.165) is 17.2 Å². The smallest absolute Gasteiger partial charge is 0.422 e. The van der Waals surface area contributed by atoms with Crippen LogP contribution in [0, 0.1) is 5.82 Å². The van der Waals surface area contributed by atoms with Crippen LogP contribution in [0.4, 0.5) is 23.4 Å². The normalized spacial score (nSPS) is 12.8. The molecule has 3 aromatic heterocycles. The molecule has 1 N–H and O–H groups in total. The Balaban J connectivity index is 1.70. The van der Waals surface area contributed by atoms with Gasteiger partial charge in [0.15, 0.2) is 12.3 Å². The van der Waals surface area contributed by atoms with Crippen molar-refractivity contribution in [3.8, 4) is 16.9 Å². The van der Waals surface area contributed by atoms with Gasteiger partial charge in [-0.3, -0.25) is 5.10 Å². The van der Waals surface area contributed by atoms with Crippen molar-refractivity contribution < 1.29 is 22.3 Å². The molecule has 0 radical (unpaired) electrons. The number of benzene rings is 1. The molecule has 0 saturated heterocycles. The van der Waals surface area contributed by atoms with E-state index in [4.69, 9.17) is 9.72 Å². The number of fused-ring (bicyclic) bond motifs is 1. The first-order valence-corrected chi connectivity index (χ1v) is 9.82. The van der Waals surface area contributed by atoms with Crippen LogP contribution in [-0.2, 0) is 0 Å². The summed E-state index contributed by atoms with van der Waals surface area (Å²) in [6.45, 7) is 0.397. The first-order chi connectivity index (χ1) is 15.3. The van der Waals surface area contributed by atoms with Crippen LogP contribution in [-0.4, -0.2) is 44.6 Å². The molecule has 0 bridgehead atoms. The zero-order valence-electron chi connectivity index (χ0n) is 17.3. The highest BCUT2D eigenvalue weighted by atomic mass is 19.4.